The van der Waals surface area contributed by atoms with E-state index in [2.05, 4.69) is 43.1 Å². The number of amides is 1. The van der Waals surface area contributed by atoms with Gasteiger partial charge in [0.25, 0.3) is 5.91 Å². The van der Waals surface area contributed by atoms with Crippen LogP contribution < -0.4 is 0 Å². The maximum Gasteiger partial charge on any atom is 0.265 e. The number of hydrogen-bond acceptors (Lipinski definition) is 4. The van der Waals surface area contributed by atoms with E-state index in [9.17, 15) is 4.79 Å². The second-order valence-corrected chi connectivity index (χ2v) is 7.72. The molecule has 3 aromatic rings. The van der Waals surface area contributed by atoms with Crippen LogP contribution in [-0.2, 0) is 6.54 Å². The van der Waals surface area contributed by atoms with Crippen molar-refractivity contribution < 1.29 is 4.79 Å². The van der Waals surface area contributed by atoms with Crippen LogP contribution in [0.3, 0.4) is 0 Å². The van der Waals surface area contributed by atoms with Crippen LogP contribution in [0.5, 0.6) is 0 Å². The Morgan fingerprint density at radius 3 is 2.67 bits per heavy atom. The highest BCUT2D eigenvalue weighted by atomic mass is 32.1. The fraction of sp³-hybridized carbons (Fsp3) is 0.227. The van der Waals surface area contributed by atoms with Gasteiger partial charge in [0.15, 0.2) is 0 Å². The Labute approximate surface area is 163 Å². The average molecular weight is 375 g/mol. The molecule has 0 saturated carbocycles. The number of aryl methyl sites for hydroxylation is 3. The van der Waals surface area contributed by atoms with E-state index in [1.54, 1.807) is 18.0 Å². The van der Waals surface area contributed by atoms with Crippen LogP contribution in [0.2, 0.25) is 0 Å². The molecule has 1 aromatic heterocycles. The first-order valence-corrected chi connectivity index (χ1v) is 9.50. The van der Waals surface area contributed by atoms with Crippen molar-refractivity contribution >= 4 is 17.2 Å². The van der Waals surface area contributed by atoms with Crippen molar-refractivity contribution in [3.8, 4) is 16.6 Å². The molecular formula is C22H21N3OS. The first-order valence-electron chi connectivity index (χ1n) is 8.68. The van der Waals surface area contributed by atoms with Gasteiger partial charge in [-0.2, -0.15) is 5.26 Å². The first-order chi connectivity index (χ1) is 12.9. The maximum atomic E-state index is 12.9. The molecule has 27 heavy (non-hydrogen) atoms. The van der Waals surface area contributed by atoms with Crippen LogP contribution in [0, 0.1) is 32.1 Å². The summed E-state index contributed by atoms with van der Waals surface area (Å²) in [5.74, 6) is -0.0524. The molecule has 5 heteroatoms. The number of nitriles is 1. The number of rotatable bonds is 4. The van der Waals surface area contributed by atoms with Gasteiger partial charge in [0.05, 0.1) is 17.3 Å². The molecule has 1 heterocycles. The molecule has 3 rings (SSSR count). The fourth-order valence-electron chi connectivity index (χ4n) is 3.02. The predicted octanol–water partition coefficient (Wildman–Crippen LogP) is 4.88. The summed E-state index contributed by atoms with van der Waals surface area (Å²) < 4.78 is 0. The maximum absolute atomic E-state index is 12.9. The van der Waals surface area contributed by atoms with Gasteiger partial charge in [0, 0.05) is 19.2 Å². The fourth-order valence-corrected chi connectivity index (χ4v) is 4.17. The van der Waals surface area contributed by atoms with Crippen LogP contribution >= 0.6 is 11.3 Å². The Balaban J connectivity index is 1.84. The number of thiazole rings is 1. The van der Waals surface area contributed by atoms with Crippen LogP contribution in [0.15, 0.2) is 42.5 Å². The molecular weight excluding hydrogens is 354 g/mol. The molecule has 0 aliphatic rings. The quantitative estimate of drug-likeness (QED) is 0.653. The second-order valence-electron chi connectivity index (χ2n) is 6.73. The van der Waals surface area contributed by atoms with Gasteiger partial charge in [-0.15, -0.1) is 11.3 Å². The molecule has 0 radical (unpaired) electrons. The lowest BCUT2D eigenvalue weighted by Gasteiger charge is -2.16. The highest BCUT2D eigenvalue weighted by molar-refractivity contribution is 7.17. The zero-order chi connectivity index (χ0) is 19.6. The topological polar surface area (TPSA) is 57.0 Å². The van der Waals surface area contributed by atoms with Gasteiger partial charge in [0.2, 0.25) is 0 Å². The summed E-state index contributed by atoms with van der Waals surface area (Å²) in [6.07, 6.45) is 0. The summed E-state index contributed by atoms with van der Waals surface area (Å²) >= 11 is 1.43. The van der Waals surface area contributed by atoms with E-state index in [1.165, 1.54) is 16.9 Å². The monoisotopic (exact) mass is 375 g/mol. The van der Waals surface area contributed by atoms with Gasteiger partial charge in [-0.05, 0) is 44.0 Å². The summed E-state index contributed by atoms with van der Waals surface area (Å²) in [6, 6.07) is 15.7. The lowest BCUT2D eigenvalue weighted by Crippen LogP contribution is -2.26. The number of nitrogens with zero attached hydrogens (tertiary/aromatic N) is 3. The van der Waals surface area contributed by atoms with Crippen molar-refractivity contribution in [2.45, 2.75) is 27.3 Å². The summed E-state index contributed by atoms with van der Waals surface area (Å²) in [5, 5.41) is 9.90. The largest absolute Gasteiger partial charge is 0.337 e. The Bertz CT molecular complexity index is 1050. The molecule has 0 saturated heterocycles. The Morgan fingerprint density at radius 2 is 1.96 bits per heavy atom. The van der Waals surface area contributed by atoms with Crippen molar-refractivity contribution in [3.63, 3.8) is 0 Å². The van der Waals surface area contributed by atoms with Crippen molar-refractivity contribution in [3.05, 3.63) is 75.3 Å². The highest BCUT2D eigenvalue weighted by Crippen LogP contribution is 2.31. The zero-order valence-electron chi connectivity index (χ0n) is 15.9. The van der Waals surface area contributed by atoms with Gasteiger partial charge in [-0.3, -0.25) is 4.79 Å². The Morgan fingerprint density at radius 1 is 1.19 bits per heavy atom. The van der Waals surface area contributed by atoms with E-state index in [0.29, 0.717) is 17.0 Å². The minimum Gasteiger partial charge on any atom is -0.337 e. The molecule has 136 valence electrons. The summed E-state index contributed by atoms with van der Waals surface area (Å²) in [6.45, 7) is 6.45. The van der Waals surface area contributed by atoms with E-state index in [-0.39, 0.29) is 5.91 Å². The molecule has 2 aromatic carbocycles. The summed E-state index contributed by atoms with van der Waals surface area (Å²) in [5.41, 5.74) is 5.71. The SMILES string of the molecule is Cc1ccc(-c2nc(C)c(C(=O)N(C)Cc3cccc(C#N)c3)s2)c(C)c1. The van der Waals surface area contributed by atoms with E-state index in [0.717, 1.165) is 27.4 Å². The Kier molecular flexibility index (Phi) is 5.38. The van der Waals surface area contributed by atoms with Gasteiger partial charge in [-0.25, -0.2) is 4.98 Å². The molecule has 0 aliphatic heterocycles. The third kappa shape index (κ3) is 4.07. The molecule has 0 N–H and O–H groups in total. The summed E-state index contributed by atoms with van der Waals surface area (Å²) in [7, 11) is 1.78. The van der Waals surface area contributed by atoms with E-state index in [4.69, 9.17) is 5.26 Å². The van der Waals surface area contributed by atoms with E-state index in [1.807, 2.05) is 25.1 Å². The zero-order valence-corrected chi connectivity index (χ0v) is 16.7. The molecule has 0 unspecified atom stereocenters. The predicted molar refractivity (Wildman–Crippen MR) is 109 cm³/mol. The van der Waals surface area contributed by atoms with Crippen molar-refractivity contribution in [2.75, 3.05) is 7.05 Å². The molecule has 0 fully saturated rings. The number of carbonyl (C=O) groups excluding carboxylic acids is 1. The average Bonchev–Trinajstić information content (AvgIpc) is 3.02. The third-order valence-electron chi connectivity index (χ3n) is 4.43. The van der Waals surface area contributed by atoms with Gasteiger partial charge < -0.3 is 4.90 Å². The van der Waals surface area contributed by atoms with Crippen LogP contribution in [0.4, 0.5) is 0 Å². The molecule has 4 nitrogen and oxygen atoms in total. The minimum atomic E-state index is -0.0524. The third-order valence-corrected chi connectivity index (χ3v) is 5.60. The van der Waals surface area contributed by atoms with Crippen molar-refractivity contribution in [2.24, 2.45) is 0 Å². The van der Waals surface area contributed by atoms with Gasteiger partial charge >= 0.3 is 0 Å². The number of carbonyl (C=O) groups is 1. The van der Waals surface area contributed by atoms with Crippen LogP contribution in [0.25, 0.3) is 10.6 Å². The first kappa shape index (κ1) is 18.8. The lowest BCUT2D eigenvalue weighted by molar-refractivity contribution is 0.0789. The van der Waals surface area contributed by atoms with E-state index >= 15 is 0 Å². The van der Waals surface area contributed by atoms with Gasteiger partial charge in [0.1, 0.15) is 9.88 Å². The van der Waals surface area contributed by atoms with Crippen molar-refractivity contribution in [1.82, 2.24) is 9.88 Å². The normalized spacial score (nSPS) is 10.5. The molecule has 0 atom stereocenters. The van der Waals surface area contributed by atoms with Crippen molar-refractivity contribution in [1.29, 1.82) is 5.26 Å². The molecule has 0 spiro atoms. The lowest BCUT2D eigenvalue weighted by atomic mass is 10.1. The summed E-state index contributed by atoms with van der Waals surface area (Å²) in [4.78, 5) is 19.9. The van der Waals surface area contributed by atoms with E-state index < -0.39 is 0 Å². The molecule has 0 aliphatic carbocycles. The van der Waals surface area contributed by atoms with Gasteiger partial charge in [-0.1, -0.05) is 35.9 Å². The minimum absolute atomic E-state index is 0.0524. The molecule has 1 amide bonds. The standard InChI is InChI=1S/C22H21N3OS/c1-14-8-9-19(15(2)10-14)21-24-16(3)20(27-21)22(26)25(4)13-18-7-5-6-17(11-18)12-23/h5-11H,13H2,1-4H3. The number of benzene rings is 2. The van der Waals surface area contributed by atoms with Crippen LogP contribution in [-0.4, -0.2) is 22.8 Å². The molecule has 0 bridgehead atoms. The Hall–Kier alpha value is -2.97. The number of aromatic nitrogens is 1. The second kappa shape index (κ2) is 7.73. The smallest absolute Gasteiger partial charge is 0.265 e. The number of hydrogen-bond donors (Lipinski definition) is 0. The van der Waals surface area contributed by atoms with Crippen LogP contribution in [0.1, 0.15) is 37.6 Å². The highest BCUT2D eigenvalue weighted by Gasteiger charge is 2.20.